The number of fused-ring (bicyclic) bond motifs is 2. The first-order valence-corrected chi connectivity index (χ1v) is 8.05. The maximum absolute atomic E-state index is 13.8. The van der Waals surface area contributed by atoms with Gasteiger partial charge in [-0.3, -0.25) is 4.79 Å². The lowest BCUT2D eigenvalue weighted by Gasteiger charge is -2.20. The van der Waals surface area contributed by atoms with Gasteiger partial charge in [0.05, 0.1) is 18.9 Å². The van der Waals surface area contributed by atoms with E-state index >= 15 is 0 Å². The van der Waals surface area contributed by atoms with Crippen molar-refractivity contribution in [3.05, 3.63) is 47.8 Å². The second kappa shape index (κ2) is 6.12. The third-order valence-corrected chi connectivity index (χ3v) is 4.49. The zero-order chi connectivity index (χ0) is 17.4. The number of halogens is 1. The highest BCUT2D eigenvalue weighted by Crippen LogP contribution is 2.32. The number of carbonyl (C=O) groups excluding carboxylic acids is 1. The van der Waals surface area contributed by atoms with Crippen LogP contribution >= 0.6 is 0 Å². The minimum Gasteiger partial charge on any atom is -0.348 e. The van der Waals surface area contributed by atoms with E-state index in [1.807, 2.05) is 6.07 Å². The Kier molecular flexibility index (Phi) is 3.79. The van der Waals surface area contributed by atoms with E-state index in [9.17, 15) is 9.18 Å². The fraction of sp³-hybridized carbons (Fsp3) is 0.294. The van der Waals surface area contributed by atoms with Gasteiger partial charge >= 0.3 is 0 Å². The Morgan fingerprint density at radius 1 is 1.40 bits per heavy atom. The van der Waals surface area contributed by atoms with Gasteiger partial charge in [-0.2, -0.15) is 0 Å². The molecule has 1 aliphatic rings. The number of benzene rings is 1. The monoisotopic (exact) mass is 340 g/mol. The van der Waals surface area contributed by atoms with Gasteiger partial charge in [0.1, 0.15) is 17.7 Å². The molecule has 2 heterocycles. The molecule has 7 nitrogen and oxygen atoms in total. The molecule has 0 aliphatic heterocycles. The third-order valence-electron chi connectivity index (χ3n) is 4.49. The van der Waals surface area contributed by atoms with E-state index in [2.05, 4.69) is 25.3 Å². The topological polar surface area (TPSA) is 86.8 Å². The summed E-state index contributed by atoms with van der Waals surface area (Å²) in [7, 11) is 1.78. The average molecular weight is 340 g/mol. The van der Waals surface area contributed by atoms with Gasteiger partial charge in [0.25, 0.3) is 0 Å². The third kappa shape index (κ3) is 2.79. The van der Waals surface area contributed by atoms with Gasteiger partial charge in [-0.25, -0.2) is 19.3 Å². The van der Waals surface area contributed by atoms with Gasteiger partial charge in [0, 0.05) is 7.05 Å². The Bertz CT molecular complexity index is 940. The molecule has 0 saturated heterocycles. The predicted octanol–water partition coefficient (Wildman–Crippen LogP) is 1.73. The summed E-state index contributed by atoms with van der Waals surface area (Å²) >= 11 is 0. The summed E-state index contributed by atoms with van der Waals surface area (Å²) in [4.78, 5) is 29.5. The number of aromatic amines is 1. The maximum atomic E-state index is 13.8. The van der Waals surface area contributed by atoms with Crippen LogP contribution in [-0.4, -0.2) is 39.4 Å². The molecule has 8 heteroatoms. The highest BCUT2D eigenvalue weighted by molar-refractivity contribution is 5.87. The largest absolute Gasteiger partial charge is 0.348 e. The lowest BCUT2D eigenvalue weighted by atomic mass is 10.1. The number of amides is 1. The average Bonchev–Trinajstić information content (AvgIpc) is 3.22. The minimum absolute atomic E-state index is 0.131. The van der Waals surface area contributed by atoms with Crippen LogP contribution in [0.3, 0.4) is 0 Å². The number of hydrogen-bond donors (Lipinski definition) is 2. The summed E-state index contributed by atoms with van der Waals surface area (Å²) in [5.74, 6) is 0.264. The number of likely N-dealkylation sites (N-methyl/N-ethyl adjacent to an activating group) is 1. The number of carbonyl (C=O) groups is 1. The summed E-state index contributed by atoms with van der Waals surface area (Å²) in [6, 6.07) is 4.87. The Morgan fingerprint density at radius 2 is 2.28 bits per heavy atom. The fourth-order valence-electron chi connectivity index (χ4n) is 3.33. The van der Waals surface area contributed by atoms with Crippen LogP contribution < -0.4 is 10.2 Å². The number of imidazole rings is 1. The number of H-pyrrole nitrogens is 1. The summed E-state index contributed by atoms with van der Waals surface area (Å²) in [6.45, 7) is 0.131. The molecule has 2 aromatic heterocycles. The molecule has 4 rings (SSSR count). The number of nitrogens with one attached hydrogen (secondary N) is 2. The van der Waals surface area contributed by atoms with Crippen molar-refractivity contribution in [1.82, 2.24) is 25.3 Å². The van der Waals surface area contributed by atoms with Crippen molar-refractivity contribution in [1.29, 1.82) is 0 Å². The van der Waals surface area contributed by atoms with Gasteiger partial charge in [0.15, 0.2) is 11.5 Å². The number of hydrogen-bond acceptors (Lipinski definition) is 5. The Morgan fingerprint density at radius 3 is 3.16 bits per heavy atom. The van der Waals surface area contributed by atoms with Gasteiger partial charge in [-0.05, 0) is 30.0 Å². The molecule has 0 saturated carbocycles. The molecule has 25 heavy (non-hydrogen) atoms. The number of nitrogens with zero attached hydrogens (tertiary/aromatic N) is 4. The van der Waals surface area contributed by atoms with E-state index in [1.165, 1.54) is 12.4 Å². The second-order valence-corrected chi connectivity index (χ2v) is 6.12. The first-order valence-electron chi connectivity index (χ1n) is 8.05. The molecule has 1 aromatic carbocycles. The first kappa shape index (κ1) is 15.5. The van der Waals surface area contributed by atoms with Crippen LogP contribution in [0.5, 0.6) is 0 Å². The number of rotatable bonds is 4. The van der Waals surface area contributed by atoms with Gasteiger partial charge < -0.3 is 15.2 Å². The van der Waals surface area contributed by atoms with Crippen LogP contribution in [0.2, 0.25) is 0 Å². The van der Waals surface area contributed by atoms with Crippen molar-refractivity contribution >= 4 is 22.9 Å². The lowest BCUT2D eigenvalue weighted by molar-refractivity contribution is -0.120. The summed E-state index contributed by atoms with van der Waals surface area (Å²) in [5.41, 5.74) is 2.81. The van der Waals surface area contributed by atoms with Crippen molar-refractivity contribution < 1.29 is 9.18 Å². The van der Waals surface area contributed by atoms with Crippen LogP contribution in [0.15, 0.2) is 30.9 Å². The van der Waals surface area contributed by atoms with Crippen molar-refractivity contribution in [2.75, 3.05) is 18.5 Å². The smallest absolute Gasteiger partial charge is 0.240 e. The highest BCUT2D eigenvalue weighted by atomic mass is 19.1. The van der Waals surface area contributed by atoms with E-state index in [1.54, 1.807) is 24.3 Å². The standard InChI is InChI=1S/C17H17FN6O/c1-24(17-15-16(20-8-19-15)21-9-22-17)7-14(25)23-13-6-5-10-11(13)3-2-4-12(10)18/h2-4,8-9,13H,5-7H2,1H3,(H,23,25)(H,19,20,21,22)/t13-/m1/s1. The van der Waals surface area contributed by atoms with Crippen LogP contribution in [0.25, 0.3) is 11.2 Å². The summed E-state index contributed by atoms with van der Waals surface area (Å²) < 4.78 is 13.8. The van der Waals surface area contributed by atoms with Gasteiger partial charge in [-0.1, -0.05) is 12.1 Å². The number of aromatic nitrogens is 4. The molecule has 0 spiro atoms. The van der Waals surface area contributed by atoms with E-state index < -0.39 is 0 Å². The van der Waals surface area contributed by atoms with Crippen molar-refractivity contribution in [2.45, 2.75) is 18.9 Å². The van der Waals surface area contributed by atoms with Crippen LogP contribution in [-0.2, 0) is 11.2 Å². The zero-order valence-corrected chi connectivity index (χ0v) is 13.7. The second-order valence-electron chi connectivity index (χ2n) is 6.12. The molecule has 0 fully saturated rings. The maximum Gasteiger partial charge on any atom is 0.240 e. The Labute approximate surface area is 143 Å². The molecule has 0 unspecified atom stereocenters. The lowest BCUT2D eigenvalue weighted by Crippen LogP contribution is -2.37. The van der Waals surface area contributed by atoms with Crippen LogP contribution in [0, 0.1) is 5.82 Å². The fourth-order valence-corrected chi connectivity index (χ4v) is 3.33. The summed E-state index contributed by atoms with van der Waals surface area (Å²) in [5, 5.41) is 2.99. The van der Waals surface area contributed by atoms with Crippen LogP contribution in [0.1, 0.15) is 23.6 Å². The van der Waals surface area contributed by atoms with E-state index in [0.29, 0.717) is 35.4 Å². The van der Waals surface area contributed by atoms with E-state index in [-0.39, 0.29) is 24.3 Å². The molecule has 1 aliphatic carbocycles. The first-order chi connectivity index (χ1) is 12.1. The highest BCUT2D eigenvalue weighted by Gasteiger charge is 2.26. The number of anilines is 1. The Balaban J connectivity index is 1.47. The van der Waals surface area contributed by atoms with Gasteiger partial charge in [0.2, 0.25) is 5.91 Å². The van der Waals surface area contributed by atoms with Gasteiger partial charge in [-0.15, -0.1) is 0 Å². The Hall–Kier alpha value is -3.03. The molecular weight excluding hydrogens is 323 g/mol. The predicted molar refractivity (Wildman–Crippen MR) is 90.6 cm³/mol. The molecule has 0 radical (unpaired) electrons. The SMILES string of the molecule is CN(CC(=O)N[C@@H]1CCc2c(F)cccc21)c1ncnc2nc[nH]c12. The normalized spacial score (nSPS) is 16.0. The minimum atomic E-state index is -0.200. The van der Waals surface area contributed by atoms with Crippen molar-refractivity contribution in [2.24, 2.45) is 0 Å². The van der Waals surface area contributed by atoms with Crippen molar-refractivity contribution in [3.63, 3.8) is 0 Å². The molecule has 1 amide bonds. The summed E-state index contributed by atoms with van der Waals surface area (Å²) in [6.07, 6.45) is 4.32. The molecule has 2 N–H and O–H groups in total. The molecule has 0 bridgehead atoms. The van der Waals surface area contributed by atoms with E-state index in [4.69, 9.17) is 0 Å². The molecular formula is C17H17FN6O. The van der Waals surface area contributed by atoms with Crippen LogP contribution in [0.4, 0.5) is 10.2 Å². The molecule has 128 valence electrons. The molecule has 3 aromatic rings. The zero-order valence-electron chi connectivity index (χ0n) is 13.7. The van der Waals surface area contributed by atoms with E-state index in [0.717, 1.165) is 5.56 Å². The quantitative estimate of drug-likeness (QED) is 0.755. The van der Waals surface area contributed by atoms with Crippen molar-refractivity contribution in [3.8, 4) is 0 Å². The molecule has 1 atom stereocenters.